The van der Waals surface area contributed by atoms with Gasteiger partial charge in [0.25, 0.3) is 0 Å². The van der Waals surface area contributed by atoms with Crippen molar-refractivity contribution < 1.29 is 19.4 Å². The Morgan fingerprint density at radius 2 is 1.84 bits per heavy atom. The first-order valence-corrected chi connectivity index (χ1v) is 6.52. The van der Waals surface area contributed by atoms with Gasteiger partial charge >= 0.3 is 5.97 Å². The molecule has 0 saturated heterocycles. The third kappa shape index (κ3) is 6.04. The SMILES string of the molecule is CC(=O)C(CCCCCOc1ccccc1)C(=O)O. The average Bonchev–Trinajstić information content (AvgIpc) is 2.38. The number of carboxylic acids is 1. The van der Waals surface area contributed by atoms with Crippen molar-refractivity contribution in [3.63, 3.8) is 0 Å². The molecule has 0 saturated carbocycles. The Hall–Kier alpha value is -1.84. The maximum atomic E-state index is 11.1. The summed E-state index contributed by atoms with van der Waals surface area (Å²) >= 11 is 0. The Bertz CT molecular complexity index is 386. The number of para-hydroxylation sites is 1. The second-order valence-corrected chi connectivity index (χ2v) is 4.51. The van der Waals surface area contributed by atoms with Gasteiger partial charge in [-0.25, -0.2) is 0 Å². The predicted molar refractivity (Wildman–Crippen MR) is 72.2 cm³/mol. The molecule has 0 bridgehead atoms. The molecule has 1 rings (SSSR count). The van der Waals surface area contributed by atoms with Crippen LogP contribution in [0, 0.1) is 5.92 Å². The van der Waals surface area contributed by atoms with Crippen LogP contribution in [-0.4, -0.2) is 23.5 Å². The number of aliphatic carboxylic acids is 1. The molecule has 1 aromatic carbocycles. The molecule has 0 aliphatic heterocycles. The first-order valence-electron chi connectivity index (χ1n) is 6.52. The first-order chi connectivity index (χ1) is 9.11. The molecule has 1 atom stereocenters. The summed E-state index contributed by atoms with van der Waals surface area (Å²) in [5.41, 5.74) is 0. The highest BCUT2D eigenvalue weighted by molar-refractivity contribution is 5.96. The van der Waals surface area contributed by atoms with E-state index in [9.17, 15) is 9.59 Å². The van der Waals surface area contributed by atoms with Crippen LogP contribution in [0.4, 0.5) is 0 Å². The van der Waals surface area contributed by atoms with E-state index >= 15 is 0 Å². The van der Waals surface area contributed by atoms with Crippen molar-refractivity contribution in [1.29, 1.82) is 0 Å². The van der Waals surface area contributed by atoms with Gasteiger partial charge in [-0.05, 0) is 31.9 Å². The van der Waals surface area contributed by atoms with Gasteiger partial charge in [0.1, 0.15) is 17.5 Å². The fourth-order valence-electron chi connectivity index (χ4n) is 1.83. The van der Waals surface area contributed by atoms with Gasteiger partial charge in [0, 0.05) is 0 Å². The smallest absolute Gasteiger partial charge is 0.314 e. The molecular formula is C15H20O4. The third-order valence-electron chi connectivity index (χ3n) is 2.94. The fraction of sp³-hybridized carbons (Fsp3) is 0.467. The maximum absolute atomic E-state index is 11.1. The molecule has 19 heavy (non-hydrogen) atoms. The van der Waals surface area contributed by atoms with Gasteiger partial charge < -0.3 is 9.84 Å². The molecule has 0 aromatic heterocycles. The number of ether oxygens (including phenoxy) is 1. The van der Waals surface area contributed by atoms with Crippen LogP contribution >= 0.6 is 0 Å². The van der Waals surface area contributed by atoms with E-state index in [1.165, 1.54) is 6.92 Å². The standard InChI is InChI=1S/C15H20O4/c1-12(16)14(15(17)18)10-6-3-7-11-19-13-8-4-2-5-9-13/h2,4-5,8-9,14H,3,6-7,10-11H2,1H3,(H,17,18). The number of unbranched alkanes of at least 4 members (excludes halogenated alkanes) is 2. The number of carboxylic acid groups (broad SMARTS) is 1. The summed E-state index contributed by atoms with van der Waals surface area (Å²) in [5.74, 6) is -1.30. The van der Waals surface area contributed by atoms with Crippen LogP contribution in [0.1, 0.15) is 32.6 Å². The Balaban J connectivity index is 2.11. The molecular weight excluding hydrogens is 244 g/mol. The number of hydrogen-bond donors (Lipinski definition) is 1. The molecule has 104 valence electrons. The van der Waals surface area contributed by atoms with Crippen LogP contribution in [0.5, 0.6) is 5.75 Å². The van der Waals surface area contributed by atoms with E-state index in [4.69, 9.17) is 9.84 Å². The van der Waals surface area contributed by atoms with E-state index < -0.39 is 11.9 Å². The van der Waals surface area contributed by atoms with Gasteiger partial charge in [0.05, 0.1) is 6.61 Å². The number of rotatable bonds is 9. The molecule has 0 radical (unpaired) electrons. The highest BCUT2D eigenvalue weighted by Crippen LogP contribution is 2.13. The van der Waals surface area contributed by atoms with Crippen molar-refractivity contribution in [2.75, 3.05) is 6.61 Å². The summed E-state index contributed by atoms with van der Waals surface area (Å²) in [6.45, 7) is 1.94. The van der Waals surface area contributed by atoms with Crippen LogP contribution < -0.4 is 4.74 Å². The van der Waals surface area contributed by atoms with Gasteiger partial charge in [-0.2, -0.15) is 0 Å². The summed E-state index contributed by atoms with van der Waals surface area (Å²) in [6.07, 6.45) is 2.87. The average molecular weight is 264 g/mol. The molecule has 4 heteroatoms. The fourth-order valence-corrected chi connectivity index (χ4v) is 1.83. The summed E-state index contributed by atoms with van der Waals surface area (Å²) in [5, 5.41) is 8.85. The minimum Gasteiger partial charge on any atom is -0.494 e. The minimum atomic E-state index is -1.02. The number of benzene rings is 1. The van der Waals surface area contributed by atoms with Crippen LogP contribution in [0.2, 0.25) is 0 Å². The summed E-state index contributed by atoms with van der Waals surface area (Å²) in [7, 11) is 0. The first kappa shape index (κ1) is 15.2. The van der Waals surface area contributed by atoms with Crippen LogP contribution in [0.3, 0.4) is 0 Å². The lowest BCUT2D eigenvalue weighted by atomic mass is 9.98. The van der Waals surface area contributed by atoms with Crippen LogP contribution in [0.15, 0.2) is 30.3 Å². The number of Topliss-reactive ketones (excluding diaryl/α,β-unsaturated/α-hetero) is 1. The van der Waals surface area contributed by atoms with Gasteiger partial charge in [0.15, 0.2) is 0 Å². The summed E-state index contributed by atoms with van der Waals surface area (Å²) < 4.78 is 5.52. The van der Waals surface area contributed by atoms with E-state index in [1.807, 2.05) is 30.3 Å². The molecule has 0 spiro atoms. The quantitative estimate of drug-likeness (QED) is 0.550. The van der Waals surface area contributed by atoms with E-state index in [0.717, 1.165) is 25.0 Å². The van der Waals surface area contributed by atoms with Crippen molar-refractivity contribution in [2.45, 2.75) is 32.6 Å². The monoisotopic (exact) mass is 264 g/mol. The second-order valence-electron chi connectivity index (χ2n) is 4.51. The lowest BCUT2D eigenvalue weighted by Gasteiger charge is -2.08. The predicted octanol–water partition coefficient (Wildman–Crippen LogP) is 2.92. The Labute approximate surface area is 113 Å². The normalized spacial score (nSPS) is 11.8. The van der Waals surface area contributed by atoms with E-state index in [0.29, 0.717) is 13.0 Å². The molecule has 0 heterocycles. The molecule has 0 fully saturated rings. The van der Waals surface area contributed by atoms with Crippen LogP contribution in [0.25, 0.3) is 0 Å². The number of carbonyl (C=O) groups excluding carboxylic acids is 1. The van der Waals surface area contributed by atoms with Crippen molar-refractivity contribution >= 4 is 11.8 Å². The minimum absolute atomic E-state index is 0.270. The van der Waals surface area contributed by atoms with Gasteiger partial charge in [-0.1, -0.05) is 31.0 Å². The maximum Gasteiger partial charge on any atom is 0.314 e. The highest BCUT2D eigenvalue weighted by Gasteiger charge is 2.21. The van der Waals surface area contributed by atoms with Gasteiger partial charge in [-0.3, -0.25) is 9.59 Å². The van der Waals surface area contributed by atoms with Crippen molar-refractivity contribution in [3.05, 3.63) is 30.3 Å². The number of ketones is 1. The number of hydrogen-bond acceptors (Lipinski definition) is 3. The van der Waals surface area contributed by atoms with E-state index in [-0.39, 0.29) is 5.78 Å². The molecule has 0 amide bonds. The van der Waals surface area contributed by atoms with Crippen molar-refractivity contribution in [1.82, 2.24) is 0 Å². The van der Waals surface area contributed by atoms with E-state index in [1.54, 1.807) is 0 Å². The molecule has 0 aliphatic carbocycles. The van der Waals surface area contributed by atoms with Crippen molar-refractivity contribution in [2.24, 2.45) is 5.92 Å². The largest absolute Gasteiger partial charge is 0.494 e. The lowest BCUT2D eigenvalue weighted by Crippen LogP contribution is -2.21. The Kier molecular flexibility index (Phi) is 6.64. The molecule has 1 N–H and O–H groups in total. The Morgan fingerprint density at radius 3 is 2.42 bits per heavy atom. The summed E-state index contributed by atoms with van der Waals surface area (Å²) in [6, 6.07) is 9.56. The van der Waals surface area contributed by atoms with Crippen molar-refractivity contribution in [3.8, 4) is 5.75 Å². The zero-order valence-corrected chi connectivity index (χ0v) is 11.2. The Morgan fingerprint density at radius 1 is 1.16 bits per heavy atom. The lowest BCUT2D eigenvalue weighted by molar-refractivity contribution is -0.146. The van der Waals surface area contributed by atoms with Gasteiger partial charge in [-0.15, -0.1) is 0 Å². The number of carbonyl (C=O) groups is 2. The zero-order valence-electron chi connectivity index (χ0n) is 11.2. The summed E-state index contributed by atoms with van der Waals surface area (Å²) in [4.78, 5) is 21.9. The second kappa shape index (κ2) is 8.29. The third-order valence-corrected chi connectivity index (χ3v) is 2.94. The molecule has 1 unspecified atom stereocenters. The molecule has 1 aromatic rings. The highest BCUT2D eigenvalue weighted by atomic mass is 16.5. The zero-order chi connectivity index (χ0) is 14.1. The molecule has 4 nitrogen and oxygen atoms in total. The van der Waals surface area contributed by atoms with Gasteiger partial charge in [0.2, 0.25) is 0 Å². The topological polar surface area (TPSA) is 63.6 Å². The van der Waals surface area contributed by atoms with Crippen LogP contribution in [-0.2, 0) is 9.59 Å². The molecule has 0 aliphatic rings. The van der Waals surface area contributed by atoms with E-state index in [2.05, 4.69) is 0 Å².